The van der Waals surface area contributed by atoms with Crippen LogP contribution in [0.3, 0.4) is 0 Å². The average Bonchev–Trinajstić information content (AvgIpc) is 3.17. The number of hydrogen-bond donors (Lipinski definition) is 1. The molecule has 4 rings (SSSR count). The van der Waals surface area contributed by atoms with Crippen LogP contribution in [-0.4, -0.2) is 56.2 Å². The largest absolute Gasteiger partial charge is 0.463 e. The van der Waals surface area contributed by atoms with Gasteiger partial charge in [0, 0.05) is 6.92 Å². The minimum absolute atomic E-state index is 0.0796. The zero-order valence-corrected chi connectivity index (χ0v) is 14.1. The topological polar surface area (TPSA) is 124 Å². The summed E-state index contributed by atoms with van der Waals surface area (Å²) in [6.45, 7) is 5.09. The molecule has 4 atom stereocenters. The Hall–Kier alpha value is -2.30. The molecule has 2 aliphatic rings. The number of nitrogen functional groups attached to an aromatic ring is 1. The van der Waals surface area contributed by atoms with Crippen molar-refractivity contribution in [3.05, 3.63) is 12.7 Å². The van der Waals surface area contributed by atoms with Gasteiger partial charge in [-0.2, -0.15) is 0 Å². The second-order valence-corrected chi connectivity index (χ2v) is 6.52. The molecule has 0 saturated carbocycles. The summed E-state index contributed by atoms with van der Waals surface area (Å²) in [6, 6.07) is 0. The summed E-state index contributed by atoms with van der Waals surface area (Å²) >= 11 is 0. The molecule has 0 amide bonds. The van der Waals surface area contributed by atoms with Crippen LogP contribution in [0.5, 0.6) is 0 Å². The third-order valence-electron chi connectivity index (χ3n) is 4.24. The Morgan fingerprint density at radius 1 is 1.32 bits per heavy atom. The Balaban J connectivity index is 1.68. The van der Waals surface area contributed by atoms with Crippen molar-refractivity contribution < 1.29 is 23.7 Å². The zero-order chi connectivity index (χ0) is 17.8. The Bertz CT molecular complexity index is 822. The second kappa shape index (κ2) is 5.61. The Morgan fingerprint density at radius 3 is 2.84 bits per heavy atom. The van der Waals surface area contributed by atoms with Gasteiger partial charge < -0.3 is 24.7 Å². The number of carbonyl (C=O) groups excluding carboxylic acids is 1. The molecular formula is C15H19N5O5. The molecule has 2 N–H and O–H groups in total. The summed E-state index contributed by atoms with van der Waals surface area (Å²) in [5.41, 5.74) is 6.87. The van der Waals surface area contributed by atoms with Crippen LogP contribution >= 0.6 is 0 Å². The van der Waals surface area contributed by atoms with Gasteiger partial charge in [0.15, 0.2) is 23.5 Å². The summed E-state index contributed by atoms with van der Waals surface area (Å²) in [6.07, 6.45) is 1.18. The number of carbonyl (C=O) groups is 1. The van der Waals surface area contributed by atoms with Crippen LogP contribution < -0.4 is 5.73 Å². The van der Waals surface area contributed by atoms with Crippen LogP contribution in [0.15, 0.2) is 12.7 Å². The van der Waals surface area contributed by atoms with Crippen molar-refractivity contribution in [1.82, 2.24) is 19.5 Å². The van der Waals surface area contributed by atoms with Crippen molar-refractivity contribution in [1.29, 1.82) is 0 Å². The van der Waals surface area contributed by atoms with E-state index < -0.39 is 24.2 Å². The molecule has 10 heteroatoms. The lowest BCUT2D eigenvalue weighted by atomic mass is 10.1. The molecule has 0 radical (unpaired) electrons. The normalized spacial score (nSPS) is 30.5. The summed E-state index contributed by atoms with van der Waals surface area (Å²) < 4.78 is 24.9. The van der Waals surface area contributed by atoms with E-state index >= 15 is 0 Å². The summed E-state index contributed by atoms with van der Waals surface area (Å²) in [4.78, 5) is 23.6. The molecule has 1 unspecified atom stereocenters. The van der Waals surface area contributed by atoms with Crippen LogP contribution in [0.1, 0.15) is 27.0 Å². The molecule has 2 fully saturated rings. The van der Waals surface area contributed by atoms with Gasteiger partial charge in [-0.25, -0.2) is 15.0 Å². The maximum atomic E-state index is 11.1. The van der Waals surface area contributed by atoms with E-state index in [2.05, 4.69) is 15.0 Å². The first kappa shape index (κ1) is 16.2. The van der Waals surface area contributed by atoms with Gasteiger partial charge in [0.1, 0.15) is 36.8 Å². The lowest BCUT2D eigenvalue weighted by molar-refractivity contribution is -0.201. The van der Waals surface area contributed by atoms with Crippen molar-refractivity contribution >= 4 is 23.0 Å². The quantitative estimate of drug-likeness (QED) is 0.783. The predicted molar refractivity (Wildman–Crippen MR) is 84.1 cm³/mol. The Labute approximate surface area is 143 Å². The molecule has 134 valence electrons. The van der Waals surface area contributed by atoms with Crippen molar-refractivity contribution in [3.8, 4) is 0 Å². The highest BCUT2D eigenvalue weighted by molar-refractivity contribution is 5.81. The number of nitrogens with two attached hydrogens (primary N) is 1. The number of aromatic nitrogens is 4. The molecular weight excluding hydrogens is 330 g/mol. The van der Waals surface area contributed by atoms with E-state index in [9.17, 15) is 4.79 Å². The van der Waals surface area contributed by atoms with Crippen molar-refractivity contribution in [2.24, 2.45) is 0 Å². The van der Waals surface area contributed by atoms with Crippen LogP contribution in [0.4, 0.5) is 5.82 Å². The molecule has 2 aromatic heterocycles. The minimum atomic E-state index is -0.768. The van der Waals surface area contributed by atoms with E-state index in [1.54, 1.807) is 10.9 Å². The van der Waals surface area contributed by atoms with Gasteiger partial charge in [0.05, 0.1) is 6.33 Å². The summed E-state index contributed by atoms with van der Waals surface area (Å²) in [7, 11) is 0. The first-order valence-electron chi connectivity index (χ1n) is 7.93. The van der Waals surface area contributed by atoms with Gasteiger partial charge in [-0.15, -0.1) is 0 Å². The number of hydrogen-bond acceptors (Lipinski definition) is 9. The van der Waals surface area contributed by atoms with Crippen LogP contribution in [-0.2, 0) is 23.7 Å². The van der Waals surface area contributed by atoms with Gasteiger partial charge in [-0.1, -0.05) is 0 Å². The van der Waals surface area contributed by atoms with E-state index in [1.165, 1.54) is 13.3 Å². The number of nitrogens with zero attached hydrogens (tertiary/aromatic N) is 4. The van der Waals surface area contributed by atoms with E-state index in [-0.39, 0.29) is 18.7 Å². The van der Waals surface area contributed by atoms with Crippen LogP contribution in [0.2, 0.25) is 0 Å². The fourth-order valence-corrected chi connectivity index (χ4v) is 3.27. The fourth-order valence-electron chi connectivity index (χ4n) is 3.27. The summed E-state index contributed by atoms with van der Waals surface area (Å²) in [5.74, 6) is -0.856. The molecule has 4 heterocycles. The van der Waals surface area contributed by atoms with Gasteiger partial charge >= 0.3 is 5.97 Å². The number of rotatable bonds is 3. The highest BCUT2D eigenvalue weighted by atomic mass is 16.8. The maximum Gasteiger partial charge on any atom is 0.302 e. The maximum absolute atomic E-state index is 11.1. The number of imidazole rings is 1. The molecule has 2 aromatic rings. The first-order valence-corrected chi connectivity index (χ1v) is 7.93. The molecule has 10 nitrogen and oxygen atoms in total. The minimum Gasteiger partial charge on any atom is -0.463 e. The van der Waals surface area contributed by atoms with Gasteiger partial charge in [-0.05, 0) is 13.8 Å². The molecule has 2 saturated heterocycles. The van der Waals surface area contributed by atoms with Gasteiger partial charge in [0.25, 0.3) is 0 Å². The molecule has 0 bridgehead atoms. The predicted octanol–water partition coefficient (Wildman–Crippen LogP) is 0.389. The lowest BCUT2D eigenvalue weighted by Crippen LogP contribution is -2.33. The van der Waals surface area contributed by atoms with Crippen LogP contribution in [0, 0.1) is 0 Å². The van der Waals surface area contributed by atoms with Crippen molar-refractivity contribution in [2.45, 2.75) is 51.1 Å². The summed E-state index contributed by atoms with van der Waals surface area (Å²) in [5, 5.41) is 0. The lowest BCUT2D eigenvalue weighted by Gasteiger charge is -2.24. The van der Waals surface area contributed by atoms with Crippen molar-refractivity contribution in [2.75, 3.05) is 12.3 Å². The van der Waals surface area contributed by atoms with Gasteiger partial charge in [-0.3, -0.25) is 9.36 Å². The van der Waals surface area contributed by atoms with Crippen LogP contribution in [0.25, 0.3) is 11.2 Å². The first-order chi connectivity index (χ1) is 11.9. The number of fused-ring (bicyclic) bond motifs is 2. The monoisotopic (exact) mass is 349 g/mol. The Morgan fingerprint density at radius 2 is 2.08 bits per heavy atom. The SMILES string of the molecule is CC(=O)OCC1O[C@@H](n2cnc3c(N)ncnc32)[C@@H]2OC(C)(C)O[C@H]12. The number of ether oxygens (including phenoxy) is 4. The van der Waals surface area contributed by atoms with E-state index in [4.69, 9.17) is 24.7 Å². The smallest absolute Gasteiger partial charge is 0.302 e. The molecule has 2 aliphatic heterocycles. The standard InChI is InChI=1S/C15H19N5O5/c1-7(21)22-4-8-10-11(25-15(2,3)24-10)14(23-8)20-6-19-9-12(16)17-5-18-13(9)20/h5-6,8,10-11,14H,4H2,1-3H3,(H2,16,17,18)/t8?,10-,11-,14-/m1/s1. The third kappa shape index (κ3) is 2.71. The highest BCUT2D eigenvalue weighted by Gasteiger charge is 2.56. The van der Waals surface area contributed by atoms with E-state index in [1.807, 2.05) is 13.8 Å². The van der Waals surface area contributed by atoms with Gasteiger partial charge in [0.2, 0.25) is 0 Å². The second-order valence-electron chi connectivity index (χ2n) is 6.52. The molecule has 0 spiro atoms. The number of anilines is 1. The molecule has 0 aromatic carbocycles. The zero-order valence-electron chi connectivity index (χ0n) is 14.1. The Kier molecular flexibility index (Phi) is 3.63. The molecule has 0 aliphatic carbocycles. The van der Waals surface area contributed by atoms with E-state index in [0.717, 1.165) is 0 Å². The number of esters is 1. The fraction of sp³-hybridized carbons (Fsp3) is 0.600. The van der Waals surface area contributed by atoms with E-state index in [0.29, 0.717) is 17.0 Å². The molecule has 25 heavy (non-hydrogen) atoms. The van der Waals surface area contributed by atoms with Crippen molar-refractivity contribution in [3.63, 3.8) is 0 Å². The third-order valence-corrected chi connectivity index (χ3v) is 4.24. The highest BCUT2D eigenvalue weighted by Crippen LogP contribution is 2.43. The average molecular weight is 349 g/mol.